The molecule has 0 bridgehead atoms. The first kappa shape index (κ1) is 17.3. The second-order valence-corrected chi connectivity index (χ2v) is 6.90. The third-order valence-corrected chi connectivity index (χ3v) is 4.85. The van der Waals surface area contributed by atoms with Crippen LogP contribution in [0.3, 0.4) is 0 Å². The number of aromatic nitrogens is 3. The van der Waals surface area contributed by atoms with Crippen LogP contribution >= 0.6 is 0 Å². The number of esters is 1. The number of hydrogen-bond donors (Lipinski definition) is 1. The molecule has 6 heteroatoms. The number of nitrogens with zero attached hydrogens (tertiary/aromatic N) is 2. The smallest absolute Gasteiger partial charge is 0.331 e. The molecule has 0 aliphatic heterocycles. The Labute approximate surface area is 156 Å². The van der Waals surface area contributed by atoms with E-state index in [1.807, 2.05) is 6.07 Å². The van der Waals surface area contributed by atoms with Crippen LogP contribution in [-0.4, -0.2) is 20.5 Å². The van der Waals surface area contributed by atoms with Crippen LogP contribution < -0.4 is 5.56 Å². The van der Waals surface area contributed by atoms with Crippen molar-refractivity contribution < 1.29 is 9.53 Å². The first-order chi connectivity index (χ1) is 13.0. The fourth-order valence-corrected chi connectivity index (χ4v) is 3.41. The van der Waals surface area contributed by atoms with Crippen molar-refractivity contribution in [2.75, 3.05) is 0 Å². The SMILES string of the molecule is Cc1cc(/C=C/C(=O)OCc2nc3ccccc3c(=O)[nH]2)c(C)n1C1CC1. The van der Waals surface area contributed by atoms with E-state index in [9.17, 15) is 9.59 Å². The molecule has 138 valence electrons. The Morgan fingerprint density at radius 1 is 1.33 bits per heavy atom. The van der Waals surface area contributed by atoms with Crippen molar-refractivity contribution in [3.05, 3.63) is 69.5 Å². The van der Waals surface area contributed by atoms with Crippen LogP contribution in [0.25, 0.3) is 17.0 Å². The van der Waals surface area contributed by atoms with Gasteiger partial charge in [-0.25, -0.2) is 9.78 Å². The zero-order valence-electron chi connectivity index (χ0n) is 15.4. The average Bonchev–Trinajstić information content (AvgIpc) is 3.44. The Hall–Kier alpha value is -3.15. The van der Waals surface area contributed by atoms with Gasteiger partial charge in [0.2, 0.25) is 0 Å². The molecule has 27 heavy (non-hydrogen) atoms. The number of nitrogens with one attached hydrogen (secondary N) is 1. The second-order valence-electron chi connectivity index (χ2n) is 6.90. The van der Waals surface area contributed by atoms with Gasteiger partial charge in [0.25, 0.3) is 5.56 Å². The number of hydrogen-bond acceptors (Lipinski definition) is 4. The maximum atomic E-state index is 12.1. The number of benzene rings is 1. The molecule has 1 aromatic carbocycles. The Kier molecular flexibility index (Phi) is 4.39. The number of H-pyrrole nitrogens is 1. The van der Waals surface area contributed by atoms with Gasteiger partial charge in [-0.1, -0.05) is 12.1 Å². The van der Waals surface area contributed by atoms with E-state index in [0.29, 0.717) is 22.8 Å². The van der Waals surface area contributed by atoms with Gasteiger partial charge in [-0.3, -0.25) is 4.79 Å². The molecule has 6 nitrogen and oxygen atoms in total. The van der Waals surface area contributed by atoms with E-state index in [-0.39, 0.29) is 12.2 Å². The number of aromatic amines is 1. The molecule has 1 aliphatic carbocycles. The van der Waals surface area contributed by atoms with E-state index in [1.54, 1.807) is 24.3 Å². The summed E-state index contributed by atoms with van der Waals surface area (Å²) in [6.07, 6.45) is 5.63. The van der Waals surface area contributed by atoms with Gasteiger partial charge < -0.3 is 14.3 Å². The standard InChI is InChI=1S/C21H21N3O3/c1-13-11-15(14(2)24(13)16-8-9-16)7-10-20(25)27-12-19-22-18-6-4-3-5-17(18)21(26)23-19/h3-7,10-11,16H,8-9,12H2,1-2H3,(H,22,23,26)/b10-7+. The van der Waals surface area contributed by atoms with Crippen molar-refractivity contribution in [3.8, 4) is 0 Å². The maximum absolute atomic E-state index is 12.1. The van der Waals surface area contributed by atoms with Gasteiger partial charge in [0.15, 0.2) is 0 Å². The summed E-state index contributed by atoms with van der Waals surface area (Å²) >= 11 is 0. The molecule has 2 aromatic heterocycles. The number of aryl methyl sites for hydroxylation is 1. The zero-order valence-corrected chi connectivity index (χ0v) is 15.4. The van der Waals surface area contributed by atoms with E-state index in [1.165, 1.54) is 30.3 Å². The van der Waals surface area contributed by atoms with Gasteiger partial charge in [-0.05, 0) is 56.5 Å². The topological polar surface area (TPSA) is 77.0 Å². The van der Waals surface area contributed by atoms with Crippen LogP contribution in [0.5, 0.6) is 0 Å². The molecular formula is C21H21N3O3. The largest absolute Gasteiger partial charge is 0.454 e. The van der Waals surface area contributed by atoms with E-state index in [4.69, 9.17) is 4.74 Å². The minimum Gasteiger partial charge on any atom is -0.454 e. The van der Waals surface area contributed by atoms with Gasteiger partial charge in [0, 0.05) is 23.5 Å². The van der Waals surface area contributed by atoms with Gasteiger partial charge in [0.1, 0.15) is 12.4 Å². The Bertz CT molecular complexity index is 1100. The van der Waals surface area contributed by atoms with Crippen molar-refractivity contribution in [3.63, 3.8) is 0 Å². The molecule has 0 spiro atoms. The normalized spacial score (nSPS) is 14.1. The molecule has 4 rings (SSSR count). The van der Waals surface area contributed by atoms with Crippen LogP contribution in [-0.2, 0) is 16.1 Å². The molecule has 0 atom stereocenters. The summed E-state index contributed by atoms with van der Waals surface area (Å²) in [6.45, 7) is 4.08. The van der Waals surface area contributed by atoms with Gasteiger partial charge in [-0.15, -0.1) is 0 Å². The molecule has 0 saturated heterocycles. The molecule has 1 saturated carbocycles. The second kappa shape index (κ2) is 6.87. The molecule has 3 aromatic rings. The summed E-state index contributed by atoms with van der Waals surface area (Å²) in [4.78, 5) is 31.1. The Morgan fingerprint density at radius 2 is 2.11 bits per heavy atom. The molecule has 2 heterocycles. The number of ether oxygens (including phenoxy) is 1. The predicted molar refractivity (Wildman–Crippen MR) is 103 cm³/mol. The highest BCUT2D eigenvalue weighted by molar-refractivity contribution is 5.87. The van der Waals surface area contributed by atoms with E-state index >= 15 is 0 Å². The van der Waals surface area contributed by atoms with Crippen molar-refractivity contribution in [1.29, 1.82) is 0 Å². The maximum Gasteiger partial charge on any atom is 0.331 e. The molecule has 1 fully saturated rings. The molecule has 1 aliphatic rings. The van der Waals surface area contributed by atoms with Crippen LogP contribution in [0.15, 0.2) is 41.2 Å². The molecule has 0 amide bonds. The summed E-state index contributed by atoms with van der Waals surface area (Å²) in [6, 6.07) is 9.74. The highest BCUT2D eigenvalue weighted by atomic mass is 16.5. The molecular weight excluding hydrogens is 342 g/mol. The Morgan fingerprint density at radius 3 is 2.89 bits per heavy atom. The highest BCUT2D eigenvalue weighted by Crippen LogP contribution is 2.38. The van der Waals surface area contributed by atoms with Crippen molar-refractivity contribution in [1.82, 2.24) is 14.5 Å². The quantitative estimate of drug-likeness (QED) is 0.556. The first-order valence-corrected chi connectivity index (χ1v) is 9.04. The number of rotatable bonds is 5. The Balaban J connectivity index is 1.44. The number of carbonyl (C=O) groups excluding carboxylic acids is 1. The van der Waals surface area contributed by atoms with Crippen LogP contribution in [0, 0.1) is 13.8 Å². The number of carbonyl (C=O) groups is 1. The first-order valence-electron chi connectivity index (χ1n) is 9.04. The third-order valence-electron chi connectivity index (χ3n) is 4.85. The summed E-state index contributed by atoms with van der Waals surface area (Å²) in [5, 5.41) is 0.512. The molecule has 1 N–H and O–H groups in total. The minimum absolute atomic E-state index is 0.0790. The van der Waals surface area contributed by atoms with E-state index < -0.39 is 5.97 Å². The van der Waals surface area contributed by atoms with Crippen LogP contribution in [0.2, 0.25) is 0 Å². The average molecular weight is 363 g/mol. The summed E-state index contributed by atoms with van der Waals surface area (Å²) in [5.74, 6) is -0.144. The van der Waals surface area contributed by atoms with Crippen molar-refractivity contribution >= 4 is 22.9 Å². The third kappa shape index (κ3) is 3.56. The van der Waals surface area contributed by atoms with E-state index in [0.717, 1.165) is 5.56 Å². The predicted octanol–water partition coefficient (Wildman–Crippen LogP) is 3.43. The number of fused-ring (bicyclic) bond motifs is 1. The summed E-state index contributed by atoms with van der Waals surface area (Å²) in [7, 11) is 0. The van der Waals surface area contributed by atoms with Gasteiger partial charge in [-0.2, -0.15) is 0 Å². The van der Waals surface area contributed by atoms with Crippen molar-refractivity contribution in [2.45, 2.75) is 39.3 Å². The van der Waals surface area contributed by atoms with Crippen molar-refractivity contribution in [2.24, 2.45) is 0 Å². The molecule has 0 radical (unpaired) electrons. The van der Waals surface area contributed by atoms with Gasteiger partial charge >= 0.3 is 5.97 Å². The zero-order chi connectivity index (χ0) is 19.0. The lowest BCUT2D eigenvalue weighted by atomic mass is 10.2. The summed E-state index contributed by atoms with van der Waals surface area (Å²) in [5.41, 5.74) is 3.74. The highest BCUT2D eigenvalue weighted by Gasteiger charge is 2.26. The van der Waals surface area contributed by atoms with Gasteiger partial charge in [0.05, 0.1) is 10.9 Å². The van der Waals surface area contributed by atoms with Crippen LogP contribution in [0.4, 0.5) is 0 Å². The minimum atomic E-state index is -0.470. The number of para-hydroxylation sites is 1. The lowest BCUT2D eigenvalue weighted by molar-refractivity contribution is -0.139. The lowest BCUT2D eigenvalue weighted by Gasteiger charge is -2.06. The van der Waals surface area contributed by atoms with E-state index in [2.05, 4.69) is 34.4 Å². The fraction of sp³-hybridized carbons (Fsp3) is 0.286. The fourth-order valence-electron chi connectivity index (χ4n) is 3.41. The van der Waals surface area contributed by atoms with Crippen LogP contribution in [0.1, 0.15) is 41.7 Å². The lowest BCUT2D eigenvalue weighted by Crippen LogP contribution is -2.13. The monoisotopic (exact) mass is 363 g/mol. The summed E-state index contributed by atoms with van der Waals surface area (Å²) < 4.78 is 7.55. The molecule has 0 unspecified atom stereocenters.